The van der Waals surface area contributed by atoms with Crippen LogP contribution >= 0.6 is 0 Å². The standard InChI is InChI=1S/C19H18F4N6/c1-3-10(2)25-19-26-14(11-4-6-24-7-5-11)9-15(27-19)28-29-18-16(22)12(20)8-13(21)17(18)23/h4-10,29H,3H2,1-2H3,(H2,25,26,27,28)/t10-/m0/s1. The third-order valence-corrected chi connectivity index (χ3v) is 4.12. The van der Waals surface area contributed by atoms with E-state index in [0.29, 0.717) is 5.69 Å². The van der Waals surface area contributed by atoms with E-state index in [0.717, 1.165) is 12.0 Å². The zero-order valence-corrected chi connectivity index (χ0v) is 15.6. The van der Waals surface area contributed by atoms with Gasteiger partial charge in [-0.25, -0.2) is 22.5 Å². The van der Waals surface area contributed by atoms with E-state index in [1.54, 1.807) is 24.5 Å². The molecule has 152 valence electrons. The van der Waals surface area contributed by atoms with Gasteiger partial charge in [-0.2, -0.15) is 4.98 Å². The number of benzene rings is 1. The lowest BCUT2D eigenvalue weighted by Crippen LogP contribution is -2.18. The predicted octanol–water partition coefficient (Wildman–Crippen LogP) is 4.74. The SMILES string of the molecule is CC[C@H](C)Nc1nc(NNc2c(F)c(F)cc(F)c2F)cc(-c2ccncc2)n1. The molecule has 0 unspecified atom stereocenters. The summed E-state index contributed by atoms with van der Waals surface area (Å²) in [4.78, 5) is 12.6. The van der Waals surface area contributed by atoms with Crippen molar-refractivity contribution in [3.8, 4) is 11.3 Å². The second-order valence-corrected chi connectivity index (χ2v) is 6.24. The Morgan fingerprint density at radius 1 is 0.931 bits per heavy atom. The van der Waals surface area contributed by atoms with Gasteiger partial charge in [0, 0.05) is 36.1 Å². The number of nitrogens with one attached hydrogen (secondary N) is 3. The minimum absolute atomic E-state index is 0.0655. The van der Waals surface area contributed by atoms with Crippen LogP contribution in [0.2, 0.25) is 0 Å². The molecule has 3 aromatic rings. The summed E-state index contributed by atoms with van der Waals surface area (Å²) in [6, 6.07) is 5.17. The summed E-state index contributed by atoms with van der Waals surface area (Å²) in [5, 5.41) is 3.11. The van der Waals surface area contributed by atoms with Gasteiger partial charge in [0.05, 0.1) is 5.69 Å². The first-order valence-corrected chi connectivity index (χ1v) is 8.80. The topological polar surface area (TPSA) is 74.8 Å². The Kier molecular flexibility index (Phi) is 6.10. The van der Waals surface area contributed by atoms with E-state index >= 15 is 0 Å². The Hall–Kier alpha value is -3.43. The van der Waals surface area contributed by atoms with Crippen LogP contribution in [0, 0.1) is 23.3 Å². The van der Waals surface area contributed by atoms with Gasteiger partial charge in [-0.3, -0.25) is 15.8 Å². The molecule has 2 aromatic heterocycles. The summed E-state index contributed by atoms with van der Waals surface area (Å²) < 4.78 is 54.5. The van der Waals surface area contributed by atoms with Gasteiger partial charge in [-0.05, 0) is 25.5 Å². The van der Waals surface area contributed by atoms with E-state index in [4.69, 9.17) is 0 Å². The number of pyridine rings is 1. The van der Waals surface area contributed by atoms with Crippen molar-refractivity contribution in [2.45, 2.75) is 26.3 Å². The van der Waals surface area contributed by atoms with Crippen molar-refractivity contribution in [1.82, 2.24) is 15.0 Å². The van der Waals surface area contributed by atoms with Crippen molar-refractivity contribution in [3.05, 3.63) is 59.9 Å². The fourth-order valence-corrected chi connectivity index (χ4v) is 2.38. The molecule has 0 aliphatic carbocycles. The van der Waals surface area contributed by atoms with E-state index in [1.165, 1.54) is 6.07 Å². The van der Waals surface area contributed by atoms with E-state index in [9.17, 15) is 17.6 Å². The first kappa shape index (κ1) is 20.3. The van der Waals surface area contributed by atoms with Gasteiger partial charge in [0.1, 0.15) is 5.69 Å². The van der Waals surface area contributed by atoms with Gasteiger partial charge in [-0.15, -0.1) is 0 Å². The lowest BCUT2D eigenvalue weighted by molar-refractivity contribution is 0.459. The Labute approximate surface area is 164 Å². The number of hydrazine groups is 1. The van der Waals surface area contributed by atoms with Gasteiger partial charge < -0.3 is 5.32 Å². The molecule has 6 nitrogen and oxygen atoms in total. The maximum Gasteiger partial charge on any atom is 0.225 e. The molecule has 0 saturated heterocycles. The van der Waals surface area contributed by atoms with Crippen LogP contribution in [-0.4, -0.2) is 21.0 Å². The molecule has 0 aliphatic heterocycles. The van der Waals surface area contributed by atoms with Crippen molar-refractivity contribution in [3.63, 3.8) is 0 Å². The molecule has 0 bridgehead atoms. The molecule has 1 atom stereocenters. The van der Waals surface area contributed by atoms with Crippen LogP contribution in [0.15, 0.2) is 36.7 Å². The summed E-state index contributed by atoms with van der Waals surface area (Å²) >= 11 is 0. The number of anilines is 3. The van der Waals surface area contributed by atoms with Gasteiger partial charge in [0.15, 0.2) is 29.1 Å². The normalized spacial score (nSPS) is 11.8. The van der Waals surface area contributed by atoms with E-state index in [-0.39, 0.29) is 23.9 Å². The Balaban J connectivity index is 1.93. The molecular weight excluding hydrogens is 388 g/mol. The fraction of sp³-hybridized carbons (Fsp3) is 0.211. The van der Waals surface area contributed by atoms with Crippen LogP contribution in [0.25, 0.3) is 11.3 Å². The summed E-state index contributed by atoms with van der Waals surface area (Å²) in [6.07, 6.45) is 3.98. The molecule has 0 aliphatic rings. The number of nitrogens with zero attached hydrogens (tertiary/aromatic N) is 3. The zero-order valence-electron chi connectivity index (χ0n) is 15.6. The molecule has 10 heteroatoms. The molecule has 1 aromatic carbocycles. The molecule has 0 radical (unpaired) electrons. The van der Waals surface area contributed by atoms with E-state index in [1.807, 2.05) is 13.8 Å². The van der Waals surface area contributed by atoms with E-state index in [2.05, 4.69) is 31.1 Å². The number of aromatic nitrogens is 3. The maximum absolute atomic E-state index is 13.9. The lowest BCUT2D eigenvalue weighted by Gasteiger charge is -2.16. The number of halogens is 4. The predicted molar refractivity (Wildman–Crippen MR) is 102 cm³/mol. The van der Waals surface area contributed by atoms with Crippen molar-refractivity contribution >= 4 is 17.5 Å². The highest BCUT2D eigenvalue weighted by Crippen LogP contribution is 2.25. The van der Waals surface area contributed by atoms with Crippen LogP contribution in [0.4, 0.5) is 35.0 Å². The van der Waals surface area contributed by atoms with Crippen LogP contribution in [0.1, 0.15) is 20.3 Å². The van der Waals surface area contributed by atoms with Crippen molar-refractivity contribution in [1.29, 1.82) is 0 Å². The minimum Gasteiger partial charge on any atom is -0.352 e. The molecule has 0 saturated carbocycles. The maximum atomic E-state index is 13.9. The molecule has 3 rings (SSSR count). The summed E-state index contributed by atoms with van der Waals surface area (Å²) in [5.74, 6) is -5.76. The molecule has 0 spiro atoms. The van der Waals surface area contributed by atoms with Gasteiger partial charge in [0.25, 0.3) is 0 Å². The second-order valence-electron chi connectivity index (χ2n) is 6.24. The van der Waals surface area contributed by atoms with Crippen LogP contribution < -0.4 is 16.2 Å². The Morgan fingerprint density at radius 2 is 1.59 bits per heavy atom. The highest BCUT2D eigenvalue weighted by Gasteiger charge is 2.19. The quantitative estimate of drug-likeness (QED) is 0.299. The summed E-state index contributed by atoms with van der Waals surface area (Å²) in [5.41, 5.74) is 4.85. The average molecular weight is 406 g/mol. The third-order valence-electron chi connectivity index (χ3n) is 4.12. The molecule has 0 fully saturated rings. The lowest BCUT2D eigenvalue weighted by atomic mass is 10.2. The highest BCUT2D eigenvalue weighted by atomic mass is 19.2. The molecule has 3 N–H and O–H groups in total. The van der Waals surface area contributed by atoms with Gasteiger partial charge in [-0.1, -0.05) is 6.92 Å². The smallest absolute Gasteiger partial charge is 0.225 e. The van der Waals surface area contributed by atoms with E-state index < -0.39 is 29.0 Å². The zero-order chi connectivity index (χ0) is 21.0. The van der Waals surface area contributed by atoms with Crippen molar-refractivity contribution in [2.24, 2.45) is 0 Å². The molecule has 29 heavy (non-hydrogen) atoms. The second kappa shape index (κ2) is 8.72. The summed E-state index contributed by atoms with van der Waals surface area (Å²) in [6.45, 7) is 3.92. The number of hydrogen-bond acceptors (Lipinski definition) is 6. The number of rotatable bonds is 7. The Bertz CT molecular complexity index is 973. The highest BCUT2D eigenvalue weighted by molar-refractivity contribution is 5.65. The minimum atomic E-state index is -1.56. The first-order valence-electron chi connectivity index (χ1n) is 8.80. The van der Waals surface area contributed by atoms with Crippen molar-refractivity contribution in [2.75, 3.05) is 16.2 Å². The van der Waals surface area contributed by atoms with Crippen LogP contribution in [0.5, 0.6) is 0 Å². The molecular formula is C19H18F4N6. The number of hydrogen-bond donors (Lipinski definition) is 3. The monoisotopic (exact) mass is 406 g/mol. The fourth-order valence-electron chi connectivity index (χ4n) is 2.38. The third kappa shape index (κ3) is 4.71. The molecule has 2 heterocycles. The summed E-state index contributed by atoms with van der Waals surface area (Å²) in [7, 11) is 0. The Morgan fingerprint density at radius 3 is 2.21 bits per heavy atom. The van der Waals surface area contributed by atoms with Crippen LogP contribution in [-0.2, 0) is 0 Å². The van der Waals surface area contributed by atoms with Crippen LogP contribution in [0.3, 0.4) is 0 Å². The van der Waals surface area contributed by atoms with Crippen molar-refractivity contribution < 1.29 is 17.6 Å². The van der Waals surface area contributed by atoms with Gasteiger partial charge in [0.2, 0.25) is 5.95 Å². The molecule has 0 amide bonds. The van der Waals surface area contributed by atoms with Gasteiger partial charge >= 0.3 is 0 Å². The average Bonchev–Trinajstić information content (AvgIpc) is 2.72. The largest absolute Gasteiger partial charge is 0.352 e. The first-order chi connectivity index (χ1) is 13.9.